The fourth-order valence-electron chi connectivity index (χ4n) is 1.51. The van der Waals surface area contributed by atoms with Crippen molar-refractivity contribution < 1.29 is 23.7 Å². The molecule has 0 fully saturated rings. The molecule has 0 aromatic heterocycles. The second kappa shape index (κ2) is 4.30. The van der Waals surface area contributed by atoms with Crippen molar-refractivity contribution in [2.75, 3.05) is 0 Å². The zero-order valence-electron chi connectivity index (χ0n) is 8.61. The molecule has 2 aromatic carbocycles. The first-order chi connectivity index (χ1) is 7.98. The maximum absolute atomic E-state index is 10.7. The minimum absolute atomic E-state index is 0.0877. The van der Waals surface area contributed by atoms with Gasteiger partial charge in [-0.1, -0.05) is 18.2 Å². The average Bonchev–Trinajstić information content (AvgIpc) is 2.26. The number of phosphoric ester groups is 1. The quantitative estimate of drug-likeness (QED) is 0.645. The number of phosphoric acid groups is 1. The summed E-state index contributed by atoms with van der Waals surface area (Å²) in [6.45, 7) is 0. The van der Waals surface area contributed by atoms with Gasteiger partial charge in [-0.2, -0.15) is 0 Å². The number of aldehydes is 1. The summed E-state index contributed by atoms with van der Waals surface area (Å²) in [4.78, 5) is 27.9. The van der Waals surface area contributed by atoms with E-state index in [2.05, 4.69) is 4.52 Å². The molecule has 2 aromatic rings. The third-order valence-electron chi connectivity index (χ3n) is 2.20. The number of rotatable bonds is 3. The molecule has 0 spiro atoms. The monoisotopic (exact) mass is 252 g/mol. The second-order valence-electron chi connectivity index (χ2n) is 3.47. The molecule has 88 valence electrons. The lowest BCUT2D eigenvalue weighted by molar-refractivity contribution is 0.112. The number of benzene rings is 2. The van der Waals surface area contributed by atoms with Gasteiger partial charge in [-0.3, -0.25) is 14.6 Å². The second-order valence-corrected chi connectivity index (χ2v) is 4.63. The predicted molar refractivity (Wildman–Crippen MR) is 62.0 cm³/mol. The molecule has 0 unspecified atom stereocenters. The smallest absolute Gasteiger partial charge is 0.404 e. The van der Waals surface area contributed by atoms with Crippen molar-refractivity contribution in [3.05, 3.63) is 42.0 Å². The van der Waals surface area contributed by atoms with Crippen LogP contribution in [0, 0.1) is 0 Å². The van der Waals surface area contributed by atoms with E-state index < -0.39 is 7.82 Å². The molecule has 6 heteroatoms. The summed E-state index contributed by atoms with van der Waals surface area (Å²) in [7, 11) is -4.54. The van der Waals surface area contributed by atoms with Crippen LogP contribution in [0.15, 0.2) is 36.4 Å². The summed E-state index contributed by atoms with van der Waals surface area (Å²) < 4.78 is 15.1. The minimum Gasteiger partial charge on any atom is -0.404 e. The Balaban J connectivity index is 2.45. The Hall–Kier alpha value is -1.68. The molecule has 0 saturated carbocycles. The summed E-state index contributed by atoms with van der Waals surface area (Å²) in [5.41, 5.74) is 0.543. The van der Waals surface area contributed by atoms with Gasteiger partial charge in [0.15, 0.2) is 0 Å². The van der Waals surface area contributed by atoms with E-state index in [4.69, 9.17) is 9.79 Å². The van der Waals surface area contributed by atoms with E-state index >= 15 is 0 Å². The van der Waals surface area contributed by atoms with Crippen molar-refractivity contribution in [1.29, 1.82) is 0 Å². The molecular formula is C11H9O5P. The van der Waals surface area contributed by atoms with Gasteiger partial charge in [-0.15, -0.1) is 0 Å². The topological polar surface area (TPSA) is 83.8 Å². The highest BCUT2D eigenvalue weighted by Crippen LogP contribution is 2.38. The number of hydrogen-bond acceptors (Lipinski definition) is 3. The van der Waals surface area contributed by atoms with Gasteiger partial charge in [0.05, 0.1) is 0 Å². The van der Waals surface area contributed by atoms with Crippen molar-refractivity contribution >= 4 is 24.9 Å². The van der Waals surface area contributed by atoms with Crippen molar-refractivity contribution in [3.63, 3.8) is 0 Å². The van der Waals surface area contributed by atoms with Crippen molar-refractivity contribution in [2.24, 2.45) is 0 Å². The maximum Gasteiger partial charge on any atom is 0.524 e. The number of carbonyl (C=O) groups excluding carboxylic acids is 1. The highest BCUT2D eigenvalue weighted by molar-refractivity contribution is 7.46. The van der Waals surface area contributed by atoms with E-state index in [0.717, 1.165) is 17.1 Å². The third kappa shape index (κ3) is 2.91. The Bertz CT molecular complexity index is 616. The molecule has 0 atom stereocenters. The van der Waals surface area contributed by atoms with E-state index in [-0.39, 0.29) is 5.75 Å². The molecule has 5 nitrogen and oxygen atoms in total. The van der Waals surface area contributed by atoms with Crippen LogP contribution in [0.5, 0.6) is 5.75 Å². The van der Waals surface area contributed by atoms with Gasteiger partial charge in [0.2, 0.25) is 0 Å². The fourth-order valence-corrected chi connectivity index (χ4v) is 1.90. The van der Waals surface area contributed by atoms with Crippen molar-refractivity contribution in [1.82, 2.24) is 0 Å². The van der Waals surface area contributed by atoms with Gasteiger partial charge >= 0.3 is 7.82 Å². The van der Waals surface area contributed by atoms with Gasteiger partial charge in [0.1, 0.15) is 12.0 Å². The van der Waals surface area contributed by atoms with Crippen LogP contribution in [-0.2, 0) is 4.57 Å². The zero-order valence-corrected chi connectivity index (χ0v) is 9.50. The molecule has 2 N–H and O–H groups in total. The van der Waals surface area contributed by atoms with Crippen LogP contribution >= 0.6 is 7.82 Å². The summed E-state index contributed by atoms with van der Waals surface area (Å²) >= 11 is 0. The van der Waals surface area contributed by atoms with Gasteiger partial charge in [-0.25, -0.2) is 4.57 Å². The zero-order chi connectivity index (χ0) is 12.5. The van der Waals surface area contributed by atoms with Gasteiger partial charge in [-0.05, 0) is 29.0 Å². The molecule has 0 radical (unpaired) electrons. The van der Waals surface area contributed by atoms with Crippen LogP contribution in [0.25, 0.3) is 10.8 Å². The fraction of sp³-hybridized carbons (Fsp3) is 0. The minimum atomic E-state index is -4.54. The number of carbonyl (C=O) groups is 1. The lowest BCUT2D eigenvalue weighted by atomic mass is 10.1. The normalized spacial score (nSPS) is 11.4. The van der Waals surface area contributed by atoms with Gasteiger partial charge in [0.25, 0.3) is 0 Å². The maximum atomic E-state index is 10.7. The Labute approximate surface area is 96.9 Å². The van der Waals surface area contributed by atoms with E-state index in [1.807, 2.05) is 0 Å². The van der Waals surface area contributed by atoms with Crippen LogP contribution < -0.4 is 4.52 Å². The lowest BCUT2D eigenvalue weighted by Crippen LogP contribution is -1.90. The average molecular weight is 252 g/mol. The third-order valence-corrected chi connectivity index (χ3v) is 2.64. The molecule has 0 aliphatic carbocycles. The SMILES string of the molecule is O=Cc1ccc2cc(OP(=O)(O)O)ccc2c1. The van der Waals surface area contributed by atoms with Crippen molar-refractivity contribution in [2.45, 2.75) is 0 Å². The first-order valence-corrected chi connectivity index (χ1v) is 6.25. The van der Waals surface area contributed by atoms with Gasteiger partial charge < -0.3 is 4.52 Å². The first kappa shape index (κ1) is 11.8. The van der Waals surface area contributed by atoms with Gasteiger partial charge in [0, 0.05) is 5.56 Å². The summed E-state index contributed by atoms with van der Waals surface area (Å²) in [5.74, 6) is 0.0877. The van der Waals surface area contributed by atoms with Crippen LogP contribution in [0.2, 0.25) is 0 Å². The molecule has 0 bridgehead atoms. The van der Waals surface area contributed by atoms with Crippen LogP contribution in [0.3, 0.4) is 0 Å². The molecule has 0 aliphatic rings. The summed E-state index contributed by atoms with van der Waals surface area (Å²) in [6.07, 6.45) is 0.736. The van der Waals surface area contributed by atoms with E-state index in [0.29, 0.717) is 5.56 Å². The molecule has 0 amide bonds. The summed E-state index contributed by atoms with van der Waals surface area (Å²) in [6, 6.07) is 9.57. The molecule has 2 rings (SSSR count). The van der Waals surface area contributed by atoms with E-state index in [1.165, 1.54) is 12.1 Å². The summed E-state index contributed by atoms with van der Waals surface area (Å²) in [5, 5.41) is 1.54. The Morgan fingerprint density at radius 1 is 1.06 bits per heavy atom. The number of hydrogen-bond donors (Lipinski definition) is 2. The predicted octanol–water partition coefficient (Wildman–Crippen LogP) is 2.12. The highest BCUT2D eigenvalue weighted by Gasteiger charge is 2.15. The molecular weight excluding hydrogens is 243 g/mol. The first-order valence-electron chi connectivity index (χ1n) is 4.72. The van der Waals surface area contributed by atoms with Crippen LogP contribution in [0.4, 0.5) is 0 Å². The lowest BCUT2D eigenvalue weighted by Gasteiger charge is -2.07. The Morgan fingerprint density at radius 3 is 2.35 bits per heavy atom. The van der Waals surface area contributed by atoms with E-state index in [9.17, 15) is 9.36 Å². The standard InChI is InChI=1S/C11H9O5P/c12-7-8-1-2-10-6-11(16-17(13,14)15)4-3-9(10)5-8/h1-7H,(H2,13,14,15). The van der Waals surface area contributed by atoms with Crippen LogP contribution in [0.1, 0.15) is 10.4 Å². The van der Waals surface area contributed by atoms with Crippen LogP contribution in [-0.4, -0.2) is 16.1 Å². The molecule has 0 aliphatic heterocycles. The van der Waals surface area contributed by atoms with Crippen molar-refractivity contribution in [3.8, 4) is 5.75 Å². The molecule has 17 heavy (non-hydrogen) atoms. The largest absolute Gasteiger partial charge is 0.524 e. The molecule has 0 saturated heterocycles. The highest BCUT2D eigenvalue weighted by atomic mass is 31.2. The Kier molecular flexibility index (Phi) is 2.98. The van der Waals surface area contributed by atoms with E-state index in [1.54, 1.807) is 24.3 Å². The Morgan fingerprint density at radius 2 is 1.71 bits per heavy atom. The molecule has 0 heterocycles. The number of fused-ring (bicyclic) bond motifs is 1.